The van der Waals surface area contributed by atoms with Gasteiger partial charge in [-0.1, -0.05) is 0 Å². The summed E-state index contributed by atoms with van der Waals surface area (Å²) in [4.78, 5) is 15.2. The Hall–Kier alpha value is -1.62. The number of carbonyl (C=O) groups is 1. The van der Waals surface area contributed by atoms with E-state index in [-0.39, 0.29) is 29.3 Å². The van der Waals surface area contributed by atoms with Gasteiger partial charge in [-0.3, -0.25) is 9.78 Å². The summed E-state index contributed by atoms with van der Waals surface area (Å²) in [5.74, 6) is -0.415. The van der Waals surface area contributed by atoms with Crippen molar-refractivity contribution in [1.82, 2.24) is 10.3 Å². The molecule has 1 amide bonds. The third-order valence-corrected chi connectivity index (χ3v) is 2.20. The summed E-state index contributed by atoms with van der Waals surface area (Å²) >= 11 is 0. The molecular formula is C9H11N3O2. The Morgan fingerprint density at radius 3 is 3.00 bits per heavy atom. The molecular weight excluding hydrogens is 182 g/mol. The fourth-order valence-electron chi connectivity index (χ4n) is 1.20. The van der Waals surface area contributed by atoms with Crippen molar-refractivity contribution in [2.24, 2.45) is 5.73 Å². The monoisotopic (exact) mass is 193 g/mol. The van der Waals surface area contributed by atoms with Gasteiger partial charge in [0.15, 0.2) is 0 Å². The fraction of sp³-hybridized carbons (Fsp3) is 0.333. The first kappa shape index (κ1) is 8.96. The van der Waals surface area contributed by atoms with Crippen molar-refractivity contribution in [3.63, 3.8) is 0 Å². The van der Waals surface area contributed by atoms with Crippen LogP contribution in [0.4, 0.5) is 0 Å². The number of hydrogen-bond acceptors (Lipinski definition) is 4. The van der Waals surface area contributed by atoms with Gasteiger partial charge in [0.05, 0.1) is 11.8 Å². The summed E-state index contributed by atoms with van der Waals surface area (Å²) in [7, 11) is 0. The predicted octanol–water partition coefficient (Wildman–Crippen LogP) is -0.383. The molecule has 1 heterocycles. The molecule has 0 aromatic carbocycles. The van der Waals surface area contributed by atoms with Crippen molar-refractivity contribution in [1.29, 1.82) is 0 Å². The smallest absolute Gasteiger partial charge is 0.255 e. The van der Waals surface area contributed by atoms with Crippen molar-refractivity contribution in [3.8, 4) is 5.75 Å². The molecule has 0 bridgehead atoms. The maximum Gasteiger partial charge on any atom is 0.255 e. The van der Waals surface area contributed by atoms with Gasteiger partial charge >= 0.3 is 0 Å². The first-order valence-electron chi connectivity index (χ1n) is 4.38. The Kier molecular flexibility index (Phi) is 2.09. The molecule has 1 aromatic rings. The van der Waals surface area contributed by atoms with E-state index < -0.39 is 0 Å². The number of amides is 1. The van der Waals surface area contributed by atoms with E-state index in [1.54, 1.807) is 0 Å². The van der Waals surface area contributed by atoms with E-state index in [0.717, 1.165) is 6.42 Å². The minimum Gasteiger partial charge on any atom is -0.505 e. The van der Waals surface area contributed by atoms with Gasteiger partial charge in [-0.25, -0.2) is 0 Å². The fourth-order valence-corrected chi connectivity index (χ4v) is 1.20. The van der Waals surface area contributed by atoms with E-state index in [9.17, 15) is 9.90 Å². The average Bonchev–Trinajstić information content (AvgIpc) is 2.82. The maximum atomic E-state index is 11.5. The molecule has 5 nitrogen and oxygen atoms in total. The predicted molar refractivity (Wildman–Crippen MR) is 49.7 cm³/mol. The first-order valence-corrected chi connectivity index (χ1v) is 4.38. The van der Waals surface area contributed by atoms with Crippen LogP contribution in [-0.4, -0.2) is 28.1 Å². The van der Waals surface area contributed by atoms with E-state index in [0.29, 0.717) is 0 Å². The lowest BCUT2D eigenvalue weighted by molar-refractivity contribution is 0.0947. The Labute approximate surface area is 81.0 Å². The van der Waals surface area contributed by atoms with Gasteiger partial charge in [0, 0.05) is 18.3 Å². The van der Waals surface area contributed by atoms with Crippen LogP contribution in [0.2, 0.25) is 0 Å². The molecule has 1 saturated carbocycles. The zero-order valence-corrected chi connectivity index (χ0v) is 7.47. The lowest BCUT2D eigenvalue weighted by Crippen LogP contribution is -2.29. The number of aromatic nitrogens is 1. The Balaban J connectivity index is 2.07. The number of nitrogens with zero attached hydrogens (tertiary/aromatic N) is 1. The van der Waals surface area contributed by atoms with Gasteiger partial charge < -0.3 is 16.2 Å². The number of aromatic hydroxyl groups is 1. The highest BCUT2D eigenvalue weighted by atomic mass is 16.3. The highest BCUT2D eigenvalue weighted by Gasteiger charge is 2.35. The topological polar surface area (TPSA) is 88.2 Å². The lowest BCUT2D eigenvalue weighted by Gasteiger charge is -2.04. The number of carbonyl (C=O) groups excluding carboxylic acids is 1. The van der Waals surface area contributed by atoms with E-state index in [2.05, 4.69) is 10.3 Å². The maximum absolute atomic E-state index is 11.5. The highest BCUT2D eigenvalue weighted by Crippen LogP contribution is 2.20. The molecule has 0 saturated heterocycles. The molecule has 74 valence electrons. The molecule has 2 rings (SSSR count). The molecule has 1 aliphatic carbocycles. The SMILES string of the molecule is NC1CC1NC(=O)c1ccncc1O. The molecule has 0 aliphatic heterocycles. The Morgan fingerprint density at radius 1 is 1.71 bits per heavy atom. The van der Waals surface area contributed by atoms with Gasteiger partial charge in [0.2, 0.25) is 0 Å². The zero-order chi connectivity index (χ0) is 10.1. The molecule has 0 radical (unpaired) electrons. The van der Waals surface area contributed by atoms with Crippen molar-refractivity contribution < 1.29 is 9.90 Å². The number of nitrogens with two attached hydrogens (primary N) is 1. The van der Waals surface area contributed by atoms with Gasteiger partial charge in [-0.2, -0.15) is 0 Å². The molecule has 0 spiro atoms. The van der Waals surface area contributed by atoms with Crippen LogP contribution >= 0.6 is 0 Å². The molecule has 14 heavy (non-hydrogen) atoms. The number of rotatable bonds is 2. The minimum atomic E-state index is -0.303. The second kappa shape index (κ2) is 3.26. The van der Waals surface area contributed by atoms with Gasteiger partial charge in [-0.15, -0.1) is 0 Å². The van der Waals surface area contributed by atoms with Crippen LogP contribution in [0.3, 0.4) is 0 Å². The third kappa shape index (κ3) is 1.67. The summed E-state index contributed by atoms with van der Waals surface area (Å²) < 4.78 is 0. The Morgan fingerprint density at radius 2 is 2.43 bits per heavy atom. The first-order chi connectivity index (χ1) is 6.68. The summed E-state index contributed by atoms with van der Waals surface area (Å²) in [5.41, 5.74) is 5.78. The van der Waals surface area contributed by atoms with Crippen LogP contribution < -0.4 is 11.1 Å². The number of hydrogen-bond donors (Lipinski definition) is 3. The summed E-state index contributed by atoms with van der Waals surface area (Å²) in [6.45, 7) is 0. The number of pyridine rings is 1. The normalized spacial score (nSPS) is 24.4. The average molecular weight is 193 g/mol. The largest absolute Gasteiger partial charge is 0.505 e. The summed E-state index contributed by atoms with van der Waals surface area (Å²) in [6.07, 6.45) is 3.50. The molecule has 2 atom stereocenters. The van der Waals surface area contributed by atoms with Gasteiger partial charge in [-0.05, 0) is 12.5 Å². The lowest BCUT2D eigenvalue weighted by atomic mass is 10.2. The van der Waals surface area contributed by atoms with E-state index >= 15 is 0 Å². The van der Waals surface area contributed by atoms with Crippen molar-refractivity contribution in [2.75, 3.05) is 0 Å². The van der Waals surface area contributed by atoms with Crippen LogP contribution in [0.1, 0.15) is 16.8 Å². The molecule has 4 N–H and O–H groups in total. The highest BCUT2D eigenvalue weighted by molar-refractivity contribution is 5.96. The van der Waals surface area contributed by atoms with Crippen LogP contribution in [0.5, 0.6) is 5.75 Å². The quantitative estimate of drug-likeness (QED) is 0.597. The minimum absolute atomic E-state index is 0.0510. The van der Waals surface area contributed by atoms with E-state index in [4.69, 9.17) is 5.73 Å². The van der Waals surface area contributed by atoms with Crippen LogP contribution in [-0.2, 0) is 0 Å². The molecule has 5 heteroatoms. The van der Waals surface area contributed by atoms with Crippen LogP contribution in [0.25, 0.3) is 0 Å². The van der Waals surface area contributed by atoms with Gasteiger partial charge in [0.25, 0.3) is 5.91 Å². The molecule has 2 unspecified atom stereocenters. The van der Waals surface area contributed by atoms with E-state index in [1.807, 2.05) is 0 Å². The van der Waals surface area contributed by atoms with Crippen molar-refractivity contribution in [3.05, 3.63) is 24.0 Å². The van der Waals surface area contributed by atoms with Crippen molar-refractivity contribution >= 4 is 5.91 Å². The van der Waals surface area contributed by atoms with E-state index in [1.165, 1.54) is 18.5 Å². The van der Waals surface area contributed by atoms with Crippen LogP contribution in [0.15, 0.2) is 18.5 Å². The standard InChI is InChI=1S/C9H11N3O2/c10-6-3-7(6)12-9(14)5-1-2-11-4-8(5)13/h1-2,4,6-7,13H,3,10H2,(H,12,14). The zero-order valence-electron chi connectivity index (χ0n) is 7.47. The van der Waals surface area contributed by atoms with Crippen LogP contribution in [0, 0.1) is 0 Å². The number of nitrogens with one attached hydrogen (secondary N) is 1. The van der Waals surface area contributed by atoms with Gasteiger partial charge in [0.1, 0.15) is 5.75 Å². The Bertz CT molecular complexity index is 367. The molecule has 1 fully saturated rings. The molecule has 1 aliphatic rings. The summed E-state index contributed by atoms with van der Waals surface area (Å²) in [6, 6.07) is 1.58. The second-order valence-corrected chi connectivity index (χ2v) is 3.37. The molecule has 1 aromatic heterocycles. The second-order valence-electron chi connectivity index (χ2n) is 3.37. The third-order valence-electron chi connectivity index (χ3n) is 2.20. The summed E-state index contributed by atoms with van der Waals surface area (Å²) in [5, 5.41) is 12.0. The van der Waals surface area contributed by atoms with Crippen molar-refractivity contribution in [2.45, 2.75) is 18.5 Å².